The molecule has 0 atom stereocenters. The zero-order chi connectivity index (χ0) is 13.7. The molecule has 0 amide bonds. The van der Waals surface area contributed by atoms with Crippen LogP contribution in [0.1, 0.15) is 5.56 Å². The minimum absolute atomic E-state index is 0.522. The Morgan fingerprint density at radius 3 is 2.26 bits per heavy atom. The average molecular weight is 255 g/mol. The maximum atomic E-state index is 8.71. The Bertz CT molecular complexity index is 581. The molecule has 0 aliphatic rings. The van der Waals surface area contributed by atoms with Gasteiger partial charge in [-0.2, -0.15) is 5.26 Å². The molecule has 0 saturated carbocycles. The lowest BCUT2D eigenvalue weighted by atomic mass is 10.2. The normalized spacial score (nSPS) is 9.53. The van der Waals surface area contributed by atoms with Gasteiger partial charge in [-0.15, -0.1) is 0 Å². The van der Waals surface area contributed by atoms with Gasteiger partial charge in [-0.1, -0.05) is 0 Å². The number of aromatic nitrogens is 1. The van der Waals surface area contributed by atoms with Crippen LogP contribution in [0.5, 0.6) is 11.5 Å². The van der Waals surface area contributed by atoms with Gasteiger partial charge in [0.15, 0.2) is 0 Å². The van der Waals surface area contributed by atoms with E-state index in [0.29, 0.717) is 22.9 Å². The van der Waals surface area contributed by atoms with Crippen molar-refractivity contribution in [3.05, 3.63) is 42.1 Å². The van der Waals surface area contributed by atoms with Crippen LogP contribution in [-0.4, -0.2) is 19.2 Å². The topological polar surface area (TPSA) is 67.2 Å². The van der Waals surface area contributed by atoms with Gasteiger partial charge in [0, 0.05) is 30.1 Å². The number of pyridine rings is 1. The monoisotopic (exact) mass is 255 g/mol. The van der Waals surface area contributed by atoms with Gasteiger partial charge in [0.1, 0.15) is 23.4 Å². The lowest BCUT2D eigenvalue weighted by Gasteiger charge is -2.10. The molecule has 1 heterocycles. The molecule has 0 fully saturated rings. The largest absolute Gasteiger partial charge is 0.497 e. The molecule has 2 aromatic rings. The number of hydrogen-bond donors (Lipinski definition) is 1. The second-order valence-electron chi connectivity index (χ2n) is 3.77. The van der Waals surface area contributed by atoms with Crippen molar-refractivity contribution in [2.75, 3.05) is 19.5 Å². The molecule has 1 N–H and O–H groups in total. The highest BCUT2D eigenvalue weighted by Gasteiger charge is 2.03. The molecule has 0 spiro atoms. The van der Waals surface area contributed by atoms with Crippen molar-refractivity contribution in [3.63, 3.8) is 0 Å². The van der Waals surface area contributed by atoms with Crippen molar-refractivity contribution >= 4 is 11.5 Å². The number of hydrogen-bond acceptors (Lipinski definition) is 5. The van der Waals surface area contributed by atoms with Crippen LogP contribution in [0.2, 0.25) is 0 Å². The zero-order valence-electron chi connectivity index (χ0n) is 10.7. The maximum absolute atomic E-state index is 8.71. The van der Waals surface area contributed by atoms with E-state index in [0.717, 1.165) is 5.69 Å². The maximum Gasteiger partial charge on any atom is 0.130 e. The Kier molecular flexibility index (Phi) is 3.84. The van der Waals surface area contributed by atoms with E-state index in [4.69, 9.17) is 14.7 Å². The Balaban J connectivity index is 2.24. The predicted octanol–water partition coefficient (Wildman–Crippen LogP) is 2.71. The van der Waals surface area contributed by atoms with E-state index in [1.807, 2.05) is 18.2 Å². The van der Waals surface area contributed by atoms with E-state index in [1.54, 1.807) is 32.4 Å². The molecule has 5 heteroatoms. The minimum Gasteiger partial charge on any atom is -0.497 e. The molecule has 0 saturated heterocycles. The van der Waals surface area contributed by atoms with Crippen LogP contribution in [0, 0.1) is 11.3 Å². The first-order valence-corrected chi connectivity index (χ1v) is 5.61. The minimum atomic E-state index is 0.522. The highest BCUT2D eigenvalue weighted by atomic mass is 16.5. The molecular formula is C14H13N3O2. The average Bonchev–Trinajstić information content (AvgIpc) is 2.47. The van der Waals surface area contributed by atoms with Gasteiger partial charge in [0.05, 0.1) is 19.8 Å². The highest BCUT2D eigenvalue weighted by molar-refractivity contribution is 5.61. The zero-order valence-corrected chi connectivity index (χ0v) is 10.7. The number of methoxy groups -OCH3 is 2. The second kappa shape index (κ2) is 5.74. The summed E-state index contributed by atoms with van der Waals surface area (Å²) in [6, 6.07) is 10.9. The van der Waals surface area contributed by atoms with Gasteiger partial charge in [-0.25, -0.2) is 4.98 Å². The van der Waals surface area contributed by atoms with E-state index in [-0.39, 0.29) is 0 Å². The fourth-order valence-corrected chi connectivity index (χ4v) is 1.56. The van der Waals surface area contributed by atoms with Gasteiger partial charge in [-0.05, 0) is 12.1 Å². The number of nitriles is 1. The van der Waals surface area contributed by atoms with Gasteiger partial charge in [0.2, 0.25) is 0 Å². The summed E-state index contributed by atoms with van der Waals surface area (Å²) in [6.45, 7) is 0. The first-order valence-electron chi connectivity index (χ1n) is 5.61. The van der Waals surface area contributed by atoms with Gasteiger partial charge in [-0.3, -0.25) is 0 Å². The molecular weight excluding hydrogens is 242 g/mol. The molecule has 96 valence electrons. The third kappa shape index (κ3) is 3.13. The lowest BCUT2D eigenvalue weighted by Crippen LogP contribution is -1.95. The Hall–Kier alpha value is -2.74. The number of benzene rings is 1. The second-order valence-corrected chi connectivity index (χ2v) is 3.77. The third-order valence-electron chi connectivity index (χ3n) is 2.52. The molecule has 0 unspecified atom stereocenters. The predicted molar refractivity (Wildman–Crippen MR) is 71.8 cm³/mol. The standard InChI is InChI=1S/C14H13N3O2/c1-18-12-5-11(6-13(7-12)19-2)17-14-4-3-10(8-15)9-16-14/h3-7,9H,1-2H3,(H,16,17). The summed E-state index contributed by atoms with van der Waals surface area (Å²) in [6.07, 6.45) is 1.51. The summed E-state index contributed by atoms with van der Waals surface area (Å²) in [7, 11) is 3.19. The fourth-order valence-electron chi connectivity index (χ4n) is 1.56. The smallest absolute Gasteiger partial charge is 0.130 e. The molecule has 1 aromatic carbocycles. The number of nitrogens with zero attached hydrogens (tertiary/aromatic N) is 2. The number of nitrogens with one attached hydrogen (secondary N) is 1. The molecule has 0 aliphatic heterocycles. The van der Waals surface area contributed by atoms with Crippen LogP contribution >= 0.6 is 0 Å². The van der Waals surface area contributed by atoms with Crippen molar-refractivity contribution < 1.29 is 9.47 Å². The SMILES string of the molecule is COc1cc(Nc2ccc(C#N)cn2)cc(OC)c1. The van der Waals surface area contributed by atoms with Gasteiger partial charge in [0.25, 0.3) is 0 Å². The molecule has 5 nitrogen and oxygen atoms in total. The molecule has 2 rings (SSSR count). The summed E-state index contributed by atoms with van der Waals surface area (Å²) in [5.41, 5.74) is 1.32. The molecule has 0 bridgehead atoms. The van der Waals surface area contributed by atoms with Crippen LogP contribution < -0.4 is 14.8 Å². The first kappa shape index (κ1) is 12.7. The van der Waals surface area contributed by atoms with E-state index in [1.165, 1.54) is 6.20 Å². The Morgan fingerprint density at radius 1 is 1.11 bits per heavy atom. The Labute approximate surface area is 111 Å². The summed E-state index contributed by atoms with van der Waals surface area (Å²) >= 11 is 0. The number of ether oxygens (including phenoxy) is 2. The fraction of sp³-hybridized carbons (Fsp3) is 0.143. The molecule has 1 aromatic heterocycles. The van der Waals surface area contributed by atoms with Crippen molar-refractivity contribution in [2.24, 2.45) is 0 Å². The van der Waals surface area contributed by atoms with Crippen molar-refractivity contribution in [3.8, 4) is 17.6 Å². The number of rotatable bonds is 4. The van der Waals surface area contributed by atoms with Crippen molar-refractivity contribution in [2.45, 2.75) is 0 Å². The summed E-state index contributed by atoms with van der Waals surface area (Å²) in [5, 5.41) is 11.8. The van der Waals surface area contributed by atoms with Crippen LogP contribution in [0.3, 0.4) is 0 Å². The summed E-state index contributed by atoms with van der Waals surface area (Å²) in [4.78, 5) is 4.14. The van der Waals surface area contributed by atoms with E-state index >= 15 is 0 Å². The first-order chi connectivity index (χ1) is 9.25. The van der Waals surface area contributed by atoms with Crippen LogP contribution in [0.15, 0.2) is 36.5 Å². The van der Waals surface area contributed by atoms with E-state index in [9.17, 15) is 0 Å². The van der Waals surface area contributed by atoms with Crippen molar-refractivity contribution in [1.29, 1.82) is 5.26 Å². The van der Waals surface area contributed by atoms with E-state index < -0.39 is 0 Å². The lowest BCUT2D eigenvalue weighted by molar-refractivity contribution is 0.395. The Morgan fingerprint density at radius 2 is 1.79 bits per heavy atom. The molecule has 0 radical (unpaired) electrons. The summed E-state index contributed by atoms with van der Waals surface area (Å²) in [5.74, 6) is 2.03. The van der Waals surface area contributed by atoms with E-state index in [2.05, 4.69) is 10.3 Å². The van der Waals surface area contributed by atoms with Crippen molar-refractivity contribution in [1.82, 2.24) is 4.98 Å². The molecule has 0 aliphatic carbocycles. The van der Waals surface area contributed by atoms with Crippen LogP contribution in [0.25, 0.3) is 0 Å². The third-order valence-corrected chi connectivity index (χ3v) is 2.52. The summed E-state index contributed by atoms with van der Waals surface area (Å²) < 4.78 is 10.4. The van der Waals surface area contributed by atoms with Crippen LogP contribution in [-0.2, 0) is 0 Å². The van der Waals surface area contributed by atoms with Gasteiger partial charge >= 0.3 is 0 Å². The molecule has 19 heavy (non-hydrogen) atoms. The van der Waals surface area contributed by atoms with Gasteiger partial charge < -0.3 is 14.8 Å². The highest BCUT2D eigenvalue weighted by Crippen LogP contribution is 2.27. The number of anilines is 2. The quantitative estimate of drug-likeness (QED) is 0.909. The van der Waals surface area contributed by atoms with Crippen LogP contribution in [0.4, 0.5) is 11.5 Å².